The zero-order valence-corrected chi connectivity index (χ0v) is 20.1. The van der Waals surface area contributed by atoms with E-state index in [4.69, 9.17) is 9.84 Å². The standard InChI is InChI=1S/C23H31N7O5/c1-13(2)25-22(33)20-26-14(3)19-21(28-20)30(15-5-4-8-29(19)10-15)23(34)27-18-9-17(6-7-24-18)35-12-16(32)11-31/h6-7,9,13,15-16,31-32H,4-5,8,10-12H2,1-3H3,(H,25,33)(H,24,27,34). The highest BCUT2D eigenvalue weighted by atomic mass is 16.5. The van der Waals surface area contributed by atoms with Gasteiger partial charge in [0.2, 0.25) is 5.82 Å². The van der Waals surface area contributed by atoms with Crippen LogP contribution in [0.15, 0.2) is 18.3 Å². The molecule has 4 heterocycles. The summed E-state index contributed by atoms with van der Waals surface area (Å²) in [4.78, 5) is 43.1. The second-order valence-electron chi connectivity index (χ2n) is 9.00. The number of anilines is 3. The summed E-state index contributed by atoms with van der Waals surface area (Å²) >= 11 is 0. The van der Waals surface area contributed by atoms with Crippen molar-refractivity contribution in [2.24, 2.45) is 0 Å². The number of carbonyl (C=O) groups is 2. The van der Waals surface area contributed by atoms with Crippen LogP contribution in [0.3, 0.4) is 0 Å². The first-order valence-electron chi connectivity index (χ1n) is 11.7. The number of piperidine rings is 1. The lowest BCUT2D eigenvalue weighted by Gasteiger charge is -2.46. The monoisotopic (exact) mass is 485 g/mol. The Bertz CT molecular complexity index is 1100. The Kier molecular flexibility index (Phi) is 7.31. The van der Waals surface area contributed by atoms with Gasteiger partial charge in [0, 0.05) is 31.4 Å². The van der Waals surface area contributed by atoms with Crippen LogP contribution < -0.4 is 25.2 Å². The Morgan fingerprint density at radius 3 is 2.86 bits per heavy atom. The van der Waals surface area contributed by atoms with Gasteiger partial charge in [-0.05, 0) is 39.7 Å². The molecule has 12 heteroatoms. The van der Waals surface area contributed by atoms with E-state index < -0.39 is 24.6 Å². The van der Waals surface area contributed by atoms with Gasteiger partial charge in [0.15, 0.2) is 5.82 Å². The number of rotatable bonds is 7. The first-order chi connectivity index (χ1) is 16.8. The van der Waals surface area contributed by atoms with Gasteiger partial charge in [0.05, 0.1) is 18.3 Å². The summed E-state index contributed by atoms with van der Waals surface area (Å²) in [5, 5.41) is 24.1. The Hall–Kier alpha value is -3.51. The minimum absolute atomic E-state index is 0.0184. The maximum absolute atomic E-state index is 13.5. The number of nitrogens with one attached hydrogen (secondary N) is 2. The highest BCUT2D eigenvalue weighted by Crippen LogP contribution is 2.39. The van der Waals surface area contributed by atoms with Crippen molar-refractivity contribution in [3.05, 3.63) is 29.8 Å². The molecule has 35 heavy (non-hydrogen) atoms. The number of nitrogens with zero attached hydrogens (tertiary/aromatic N) is 5. The van der Waals surface area contributed by atoms with Gasteiger partial charge in [-0.15, -0.1) is 0 Å². The van der Waals surface area contributed by atoms with E-state index in [-0.39, 0.29) is 30.3 Å². The molecule has 2 unspecified atom stereocenters. The van der Waals surface area contributed by atoms with Crippen LogP contribution >= 0.6 is 0 Å². The van der Waals surface area contributed by atoms with Crippen molar-refractivity contribution in [1.82, 2.24) is 20.3 Å². The lowest BCUT2D eigenvalue weighted by Crippen LogP contribution is -2.56. The predicted octanol–water partition coefficient (Wildman–Crippen LogP) is 1.07. The number of ether oxygens (including phenoxy) is 1. The maximum atomic E-state index is 13.5. The van der Waals surface area contributed by atoms with Crippen molar-refractivity contribution in [2.45, 2.75) is 51.8 Å². The summed E-state index contributed by atoms with van der Waals surface area (Å²) < 4.78 is 5.45. The zero-order chi connectivity index (χ0) is 25.1. The van der Waals surface area contributed by atoms with Crippen LogP contribution in [0, 0.1) is 6.92 Å². The summed E-state index contributed by atoms with van der Waals surface area (Å²) in [7, 11) is 0. The van der Waals surface area contributed by atoms with Crippen LogP contribution in [-0.4, -0.2) is 81.6 Å². The third-order valence-electron chi connectivity index (χ3n) is 5.81. The van der Waals surface area contributed by atoms with Gasteiger partial charge < -0.3 is 25.2 Å². The van der Waals surface area contributed by atoms with Gasteiger partial charge in [-0.25, -0.2) is 19.7 Å². The quantitative estimate of drug-likeness (QED) is 0.451. The number of pyridine rings is 1. The molecule has 0 aromatic carbocycles. The van der Waals surface area contributed by atoms with Crippen molar-refractivity contribution in [3.8, 4) is 5.75 Å². The lowest BCUT2D eigenvalue weighted by atomic mass is 9.99. The molecule has 188 valence electrons. The van der Waals surface area contributed by atoms with Crippen molar-refractivity contribution >= 4 is 29.3 Å². The molecule has 2 aliphatic heterocycles. The van der Waals surface area contributed by atoms with Crippen molar-refractivity contribution < 1.29 is 24.5 Å². The zero-order valence-electron chi connectivity index (χ0n) is 20.1. The van der Waals surface area contributed by atoms with E-state index in [0.717, 1.165) is 25.1 Å². The number of urea groups is 1. The Labute approximate surface area is 203 Å². The number of hydrogen-bond acceptors (Lipinski definition) is 9. The van der Waals surface area contributed by atoms with Crippen LogP contribution in [0.5, 0.6) is 5.75 Å². The van der Waals surface area contributed by atoms with Crippen molar-refractivity contribution in [3.63, 3.8) is 0 Å². The SMILES string of the molecule is Cc1nc(C(=O)NC(C)C)nc2c1N1CCCC(C1)N2C(=O)Nc1cc(OCC(O)CO)ccn1. The molecule has 4 N–H and O–H groups in total. The molecule has 2 aromatic rings. The minimum Gasteiger partial charge on any atom is -0.491 e. The number of fused-ring (bicyclic) bond motifs is 4. The third-order valence-corrected chi connectivity index (χ3v) is 5.81. The van der Waals surface area contributed by atoms with Crippen LogP contribution in [0.2, 0.25) is 0 Å². The number of amides is 3. The molecule has 2 bridgehead atoms. The van der Waals surface area contributed by atoms with E-state index in [2.05, 4.69) is 30.5 Å². The van der Waals surface area contributed by atoms with Crippen LogP contribution in [0.4, 0.5) is 22.1 Å². The normalized spacial score (nSPS) is 17.6. The fourth-order valence-electron chi connectivity index (χ4n) is 4.31. The summed E-state index contributed by atoms with van der Waals surface area (Å²) in [6.45, 7) is 6.51. The number of aliphatic hydroxyl groups excluding tert-OH is 2. The van der Waals surface area contributed by atoms with Crippen LogP contribution in [0.1, 0.15) is 43.0 Å². The van der Waals surface area contributed by atoms with Gasteiger partial charge in [-0.1, -0.05) is 0 Å². The summed E-state index contributed by atoms with van der Waals surface area (Å²) in [5.74, 6) is 0.669. The van der Waals surface area contributed by atoms with Crippen molar-refractivity contribution in [1.29, 1.82) is 0 Å². The molecule has 2 atom stereocenters. The molecular weight excluding hydrogens is 454 g/mol. The van der Waals surface area contributed by atoms with Gasteiger partial charge in [0.1, 0.15) is 30.0 Å². The third kappa shape index (κ3) is 5.43. The fraction of sp³-hybridized carbons (Fsp3) is 0.522. The smallest absolute Gasteiger partial charge is 0.329 e. The Morgan fingerprint density at radius 1 is 1.31 bits per heavy atom. The largest absolute Gasteiger partial charge is 0.491 e. The maximum Gasteiger partial charge on any atom is 0.329 e. The van der Waals surface area contributed by atoms with Gasteiger partial charge in [0.25, 0.3) is 5.91 Å². The molecule has 3 amide bonds. The first kappa shape index (κ1) is 24.6. The molecule has 12 nitrogen and oxygen atoms in total. The molecule has 1 saturated heterocycles. The number of carbonyl (C=O) groups excluding carboxylic acids is 2. The van der Waals surface area contributed by atoms with Crippen molar-refractivity contribution in [2.75, 3.05) is 41.4 Å². The number of aryl methyl sites for hydroxylation is 1. The number of aromatic nitrogens is 3. The summed E-state index contributed by atoms with van der Waals surface area (Å²) in [6.07, 6.45) is 2.18. The molecule has 0 spiro atoms. The topological polar surface area (TPSA) is 153 Å². The lowest BCUT2D eigenvalue weighted by molar-refractivity contribution is 0.0536. The molecule has 0 saturated carbocycles. The van der Waals surface area contributed by atoms with E-state index in [1.165, 1.54) is 12.3 Å². The van der Waals surface area contributed by atoms with Gasteiger partial charge >= 0.3 is 6.03 Å². The Balaban J connectivity index is 1.62. The average molecular weight is 486 g/mol. The second kappa shape index (κ2) is 10.4. The average Bonchev–Trinajstić information content (AvgIpc) is 2.82. The molecular formula is C23H31N7O5. The molecule has 0 radical (unpaired) electrons. The van der Waals surface area contributed by atoms with E-state index in [1.807, 2.05) is 20.8 Å². The first-order valence-corrected chi connectivity index (χ1v) is 11.7. The fourth-order valence-corrected chi connectivity index (χ4v) is 4.31. The molecule has 2 aliphatic rings. The Morgan fingerprint density at radius 2 is 2.11 bits per heavy atom. The highest BCUT2D eigenvalue weighted by molar-refractivity contribution is 6.04. The molecule has 0 aliphatic carbocycles. The van der Waals surface area contributed by atoms with E-state index >= 15 is 0 Å². The number of hydrogen-bond donors (Lipinski definition) is 4. The van der Waals surface area contributed by atoms with E-state index in [0.29, 0.717) is 23.8 Å². The van der Waals surface area contributed by atoms with E-state index in [1.54, 1.807) is 11.0 Å². The van der Waals surface area contributed by atoms with E-state index in [9.17, 15) is 14.7 Å². The predicted molar refractivity (Wildman–Crippen MR) is 129 cm³/mol. The second-order valence-corrected chi connectivity index (χ2v) is 9.00. The number of aliphatic hydroxyl groups is 2. The molecule has 2 aromatic heterocycles. The van der Waals surface area contributed by atoms with Crippen LogP contribution in [0.25, 0.3) is 0 Å². The molecule has 4 rings (SSSR count). The van der Waals surface area contributed by atoms with Gasteiger partial charge in [-0.2, -0.15) is 0 Å². The highest BCUT2D eigenvalue weighted by Gasteiger charge is 2.40. The summed E-state index contributed by atoms with van der Waals surface area (Å²) in [5.41, 5.74) is 1.39. The minimum atomic E-state index is -1.01. The molecule has 1 fully saturated rings. The van der Waals surface area contributed by atoms with Gasteiger partial charge in [-0.3, -0.25) is 15.0 Å². The van der Waals surface area contributed by atoms with Crippen LogP contribution in [-0.2, 0) is 0 Å². The summed E-state index contributed by atoms with van der Waals surface area (Å²) in [6, 6.07) is 2.50.